The number of likely N-dealkylation sites (tertiary alicyclic amines) is 1. The molecule has 1 aliphatic heterocycles. The van der Waals surface area contributed by atoms with Crippen molar-refractivity contribution in [3.63, 3.8) is 0 Å². The highest BCUT2D eigenvalue weighted by atomic mass is 15.1. The Labute approximate surface area is 124 Å². The molecule has 1 aromatic rings. The zero-order valence-corrected chi connectivity index (χ0v) is 13.7. The van der Waals surface area contributed by atoms with Gasteiger partial charge in [-0.1, -0.05) is 13.3 Å². The third-order valence-corrected chi connectivity index (χ3v) is 4.71. The number of hydrogen-bond donors (Lipinski definition) is 1. The van der Waals surface area contributed by atoms with Crippen molar-refractivity contribution in [2.75, 3.05) is 26.2 Å². The van der Waals surface area contributed by atoms with Gasteiger partial charge in [0.25, 0.3) is 0 Å². The molecule has 0 amide bonds. The van der Waals surface area contributed by atoms with Crippen molar-refractivity contribution in [1.82, 2.24) is 14.8 Å². The fourth-order valence-corrected chi connectivity index (χ4v) is 3.21. The van der Waals surface area contributed by atoms with Crippen molar-refractivity contribution in [3.05, 3.63) is 23.0 Å². The van der Waals surface area contributed by atoms with Gasteiger partial charge in [0.05, 0.1) is 0 Å². The highest BCUT2D eigenvalue weighted by molar-refractivity contribution is 5.26. The van der Waals surface area contributed by atoms with Crippen molar-refractivity contribution >= 4 is 0 Å². The molecule has 0 saturated carbocycles. The molecule has 0 radical (unpaired) electrons. The van der Waals surface area contributed by atoms with E-state index in [-0.39, 0.29) is 0 Å². The molecule has 20 heavy (non-hydrogen) atoms. The van der Waals surface area contributed by atoms with Crippen molar-refractivity contribution in [2.24, 2.45) is 13.0 Å². The molecule has 114 valence electrons. The van der Waals surface area contributed by atoms with Crippen LogP contribution in [0, 0.1) is 19.8 Å². The smallest absolute Gasteiger partial charge is 0.0223 e. The van der Waals surface area contributed by atoms with Gasteiger partial charge in [0, 0.05) is 31.5 Å². The fraction of sp³-hybridized carbons (Fsp3) is 0.765. The Morgan fingerprint density at radius 3 is 2.50 bits per heavy atom. The van der Waals surface area contributed by atoms with Crippen molar-refractivity contribution in [3.8, 4) is 0 Å². The number of aromatic nitrogens is 1. The molecule has 1 aliphatic rings. The third-order valence-electron chi connectivity index (χ3n) is 4.71. The van der Waals surface area contributed by atoms with E-state index in [1.165, 1.54) is 55.8 Å². The first-order valence-corrected chi connectivity index (χ1v) is 8.12. The minimum atomic E-state index is 0.734. The van der Waals surface area contributed by atoms with E-state index < -0.39 is 0 Å². The summed E-state index contributed by atoms with van der Waals surface area (Å²) in [5.74, 6) is 0.734. The Hall–Kier alpha value is -0.800. The van der Waals surface area contributed by atoms with Crippen LogP contribution in [0.3, 0.4) is 0 Å². The molecule has 0 bridgehead atoms. The summed E-state index contributed by atoms with van der Waals surface area (Å²) in [7, 11) is 2.15. The van der Waals surface area contributed by atoms with Gasteiger partial charge in [0.1, 0.15) is 0 Å². The van der Waals surface area contributed by atoms with E-state index >= 15 is 0 Å². The van der Waals surface area contributed by atoms with E-state index in [2.05, 4.69) is 48.7 Å². The lowest BCUT2D eigenvalue weighted by Crippen LogP contribution is -2.36. The Morgan fingerprint density at radius 1 is 1.20 bits per heavy atom. The Bertz CT molecular complexity index is 416. The number of rotatable bonds is 6. The Balaban J connectivity index is 1.70. The van der Waals surface area contributed by atoms with Crippen LogP contribution in [0.2, 0.25) is 0 Å². The Kier molecular flexibility index (Phi) is 5.67. The quantitative estimate of drug-likeness (QED) is 0.863. The summed E-state index contributed by atoms with van der Waals surface area (Å²) in [5.41, 5.74) is 4.18. The lowest BCUT2D eigenvalue weighted by atomic mass is 10.1. The second-order valence-corrected chi connectivity index (χ2v) is 6.55. The van der Waals surface area contributed by atoms with Gasteiger partial charge in [0.2, 0.25) is 0 Å². The first kappa shape index (κ1) is 15.6. The molecule has 1 N–H and O–H groups in total. The number of hydrogen-bond acceptors (Lipinski definition) is 2. The second kappa shape index (κ2) is 7.28. The summed E-state index contributed by atoms with van der Waals surface area (Å²) >= 11 is 0. The van der Waals surface area contributed by atoms with Gasteiger partial charge in [-0.05, 0) is 63.9 Å². The topological polar surface area (TPSA) is 20.2 Å². The van der Waals surface area contributed by atoms with Gasteiger partial charge in [-0.15, -0.1) is 0 Å². The average molecular weight is 277 g/mol. The molecule has 1 unspecified atom stereocenters. The number of nitrogens with one attached hydrogen (secondary N) is 1. The zero-order valence-electron chi connectivity index (χ0n) is 13.7. The highest BCUT2D eigenvalue weighted by Crippen LogP contribution is 2.13. The van der Waals surface area contributed by atoms with Crippen LogP contribution in [0.5, 0.6) is 0 Å². The maximum atomic E-state index is 3.63. The van der Waals surface area contributed by atoms with Crippen LogP contribution in [0.1, 0.15) is 43.1 Å². The Morgan fingerprint density at radius 2 is 1.90 bits per heavy atom. The molecule has 0 aromatic carbocycles. The number of nitrogens with zero attached hydrogens (tertiary/aromatic N) is 2. The summed E-state index contributed by atoms with van der Waals surface area (Å²) in [5, 5.41) is 3.63. The number of piperidine rings is 1. The van der Waals surface area contributed by atoms with E-state index in [9.17, 15) is 0 Å². The SMILES string of the molecule is Cc1cc(CNCC(C)CN2CCCCC2)c(C)n1C. The van der Waals surface area contributed by atoms with Crippen molar-refractivity contribution < 1.29 is 0 Å². The third kappa shape index (κ3) is 4.10. The maximum absolute atomic E-state index is 3.63. The van der Waals surface area contributed by atoms with E-state index in [1.807, 2.05) is 0 Å². The molecular formula is C17H31N3. The summed E-state index contributed by atoms with van der Waals surface area (Å²) in [6.45, 7) is 12.7. The van der Waals surface area contributed by atoms with Crippen molar-refractivity contribution in [2.45, 2.75) is 46.6 Å². The van der Waals surface area contributed by atoms with Gasteiger partial charge in [-0.25, -0.2) is 0 Å². The predicted octanol–water partition coefficient (Wildman–Crippen LogP) is 2.85. The highest BCUT2D eigenvalue weighted by Gasteiger charge is 2.13. The lowest BCUT2D eigenvalue weighted by molar-refractivity contribution is 0.199. The van der Waals surface area contributed by atoms with Crippen LogP contribution in [-0.4, -0.2) is 35.6 Å². The largest absolute Gasteiger partial charge is 0.352 e. The van der Waals surface area contributed by atoms with Gasteiger partial charge >= 0.3 is 0 Å². The van der Waals surface area contributed by atoms with Crippen LogP contribution in [0.4, 0.5) is 0 Å². The van der Waals surface area contributed by atoms with Crippen LogP contribution in [0.15, 0.2) is 6.07 Å². The molecule has 2 rings (SSSR count). The van der Waals surface area contributed by atoms with Gasteiger partial charge in [-0.3, -0.25) is 0 Å². The van der Waals surface area contributed by atoms with E-state index in [4.69, 9.17) is 0 Å². The first-order chi connectivity index (χ1) is 9.58. The standard InChI is InChI=1S/C17H31N3/c1-14(13-20-8-6-5-7-9-20)11-18-12-17-10-15(2)19(4)16(17)3/h10,14,18H,5-9,11-13H2,1-4H3. The molecule has 1 saturated heterocycles. The van der Waals surface area contributed by atoms with Crippen LogP contribution >= 0.6 is 0 Å². The van der Waals surface area contributed by atoms with Gasteiger partial charge < -0.3 is 14.8 Å². The number of aryl methyl sites for hydroxylation is 1. The zero-order chi connectivity index (χ0) is 14.5. The predicted molar refractivity (Wildman–Crippen MR) is 86.0 cm³/mol. The normalized spacial score (nSPS) is 18.4. The minimum Gasteiger partial charge on any atom is -0.352 e. The van der Waals surface area contributed by atoms with Crippen LogP contribution in [0.25, 0.3) is 0 Å². The molecule has 1 fully saturated rings. The second-order valence-electron chi connectivity index (χ2n) is 6.55. The van der Waals surface area contributed by atoms with E-state index in [0.717, 1.165) is 19.0 Å². The lowest BCUT2D eigenvalue weighted by Gasteiger charge is -2.29. The summed E-state index contributed by atoms with van der Waals surface area (Å²) in [4.78, 5) is 2.63. The molecule has 0 spiro atoms. The molecule has 3 heteroatoms. The average Bonchev–Trinajstić information content (AvgIpc) is 2.67. The van der Waals surface area contributed by atoms with Crippen LogP contribution < -0.4 is 5.32 Å². The first-order valence-electron chi connectivity index (χ1n) is 8.12. The minimum absolute atomic E-state index is 0.734. The molecule has 1 aromatic heterocycles. The van der Waals surface area contributed by atoms with E-state index in [1.54, 1.807) is 0 Å². The molecule has 3 nitrogen and oxygen atoms in total. The molecule has 0 aliphatic carbocycles. The summed E-state index contributed by atoms with van der Waals surface area (Å²) < 4.78 is 2.27. The molecule has 2 heterocycles. The maximum Gasteiger partial charge on any atom is 0.0223 e. The monoisotopic (exact) mass is 277 g/mol. The summed E-state index contributed by atoms with van der Waals surface area (Å²) in [6, 6.07) is 2.30. The van der Waals surface area contributed by atoms with Crippen molar-refractivity contribution in [1.29, 1.82) is 0 Å². The fourth-order valence-electron chi connectivity index (χ4n) is 3.21. The van der Waals surface area contributed by atoms with E-state index in [0.29, 0.717) is 0 Å². The van der Waals surface area contributed by atoms with Gasteiger partial charge in [-0.2, -0.15) is 0 Å². The molecular weight excluding hydrogens is 246 g/mol. The van der Waals surface area contributed by atoms with Gasteiger partial charge in [0.15, 0.2) is 0 Å². The molecule has 1 atom stereocenters. The summed E-state index contributed by atoms with van der Waals surface area (Å²) in [6.07, 6.45) is 4.21. The van der Waals surface area contributed by atoms with Crippen LogP contribution in [-0.2, 0) is 13.6 Å².